The molecule has 0 radical (unpaired) electrons. The Bertz CT molecular complexity index is 1190. The number of nitrogens with one attached hydrogen (secondary N) is 1. The zero-order valence-electron chi connectivity index (χ0n) is 17.2. The lowest BCUT2D eigenvalue weighted by Gasteiger charge is -2.13. The van der Waals surface area contributed by atoms with E-state index in [0.717, 1.165) is 24.2 Å². The first-order chi connectivity index (χ1) is 14.4. The number of hydrogen-bond donors (Lipinski definition) is 1. The van der Waals surface area contributed by atoms with E-state index in [2.05, 4.69) is 34.9 Å². The Balaban J connectivity index is 1.63. The Kier molecular flexibility index (Phi) is 5.40. The molecule has 0 amide bonds. The van der Waals surface area contributed by atoms with E-state index in [1.54, 1.807) is 18.2 Å². The first-order valence-electron chi connectivity index (χ1n) is 9.55. The Morgan fingerprint density at radius 1 is 0.867 bits per heavy atom. The highest BCUT2D eigenvalue weighted by Gasteiger charge is 2.21. The minimum Gasteiger partial charge on any atom is -0.497 e. The van der Waals surface area contributed by atoms with Crippen molar-refractivity contribution in [3.8, 4) is 22.6 Å². The van der Waals surface area contributed by atoms with Gasteiger partial charge in [0, 0.05) is 24.8 Å². The highest BCUT2D eigenvalue weighted by Crippen LogP contribution is 2.32. The van der Waals surface area contributed by atoms with Gasteiger partial charge in [-0.25, -0.2) is 8.42 Å². The number of rotatable bonds is 6. The summed E-state index contributed by atoms with van der Waals surface area (Å²) in [6.07, 6.45) is 0. The summed E-state index contributed by atoms with van der Waals surface area (Å²) in [7, 11) is 1.21. The Hall–Kier alpha value is -3.03. The van der Waals surface area contributed by atoms with Crippen molar-refractivity contribution in [3.05, 3.63) is 71.8 Å². The largest absolute Gasteiger partial charge is 0.497 e. The second kappa shape index (κ2) is 8.01. The predicted octanol–water partition coefficient (Wildman–Crippen LogP) is 4.12. The van der Waals surface area contributed by atoms with Crippen LogP contribution in [0.25, 0.3) is 11.1 Å². The SMILES string of the molecule is COc1ccc(S(=O)(=O)Nc2cccc(-c3ccc4c(c3)CN(C)C4)c2)c(OC)c1. The predicted molar refractivity (Wildman–Crippen MR) is 117 cm³/mol. The molecular formula is C23H24N2O4S. The zero-order chi connectivity index (χ0) is 21.3. The molecule has 30 heavy (non-hydrogen) atoms. The van der Waals surface area contributed by atoms with E-state index < -0.39 is 10.0 Å². The molecule has 0 unspecified atom stereocenters. The van der Waals surface area contributed by atoms with Crippen molar-refractivity contribution in [2.24, 2.45) is 0 Å². The molecular weight excluding hydrogens is 400 g/mol. The summed E-state index contributed by atoms with van der Waals surface area (Å²) in [5.41, 5.74) is 5.15. The minimum absolute atomic E-state index is 0.0526. The molecule has 0 spiro atoms. The third-order valence-corrected chi connectivity index (χ3v) is 6.62. The van der Waals surface area contributed by atoms with Gasteiger partial charge in [0.1, 0.15) is 16.4 Å². The zero-order valence-corrected chi connectivity index (χ0v) is 18.0. The molecule has 156 valence electrons. The number of benzene rings is 3. The normalized spacial score (nSPS) is 13.7. The molecule has 0 fully saturated rings. The molecule has 4 rings (SSSR count). The molecule has 3 aromatic carbocycles. The monoisotopic (exact) mass is 424 g/mol. The van der Waals surface area contributed by atoms with E-state index in [-0.39, 0.29) is 10.6 Å². The van der Waals surface area contributed by atoms with Crippen molar-refractivity contribution in [3.63, 3.8) is 0 Å². The highest BCUT2D eigenvalue weighted by atomic mass is 32.2. The molecule has 1 aliphatic heterocycles. The maximum Gasteiger partial charge on any atom is 0.265 e. The fraction of sp³-hybridized carbons (Fsp3) is 0.217. The van der Waals surface area contributed by atoms with Crippen LogP contribution in [0, 0.1) is 0 Å². The molecule has 0 aromatic heterocycles. The fourth-order valence-corrected chi connectivity index (χ4v) is 4.92. The van der Waals surface area contributed by atoms with Crippen LogP contribution in [-0.4, -0.2) is 34.6 Å². The van der Waals surface area contributed by atoms with Crippen molar-refractivity contribution in [1.29, 1.82) is 0 Å². The lowest BCUT2D eigenvalue weighted by Crippen LogP contribution is -2.14. The van der Waals surface area contributed by atoms with Crippen molar-refractivity contribution >= 4 is 15.7 Å². The topological polar surface area (TPSA) is 67.9 Å². The average molecular weight is 425 g/mol. The summed E-state index contributed by atoms with van der Waals surface area (Å²) in [6, 6.07) is 18.4. The van der Waals surface area contributed by atoms with Crippen LogP contribution >= 0.6 is 0 Å². The van der Waals surface area contributed by atoms with E-state index in [1.807, 2.05) is 18.2 Å². The third-order valence-electron chi connectivity index (χ3n) is 5.20. The first kappa shape index (κ1) is 20.3. The van der Waals surface area contributed by atoms with Crippen LogP contribution in [0.5, 0.6) is 11.5 Å². The minimum atomic E-state index is -3.83. The van der Waals surface area contributed by atoms with Crippen molar-refractivity contribution < 1.29 is 17.9 Å². The molecule has 1 heterocycles. The smallest absolute Gasteiger partial charge is 0.265 e. The maximum atomic E-state index is 13.0. The summed E-state index contributed by atoms with van der Waals surface area (Å²) in [6.45, 7) is 1.88. The van der Waals surface area contributed by atoms with Gasteiger partial charge < -0.3 is 9.47 Å². The molecule has 3 aromatic rings. The van der Waals surface area contributed by atoms with Crippen molar-refractivity contribution in [1.82, 2.24) is 4.90 Å². The quantitative estimate of drug-likeness (QED) is 0.645. The fourth-order valence-electron chi connectivity index (χ4n) is 3.71. The summed E-state index contributed by atoms with van der Waals surface area (Å²) in [5, 5.41) is 0. The molecule has 0 aliphatic carbocycles. The van der Waals surface area contributed by atoms with Gasteiger partial charge in [-0.15, -0.1) is 0 Å². The third kappa shape index (κ3) is 3.99. The highest BCUT2D eigenvalue weighted by molar-refractivity contribution is 7.92. The van der Waals surface area contributed by atoms with Gasteiger partial charge >= 0.3 is 0 Å². The molecule has 0 bridgehead atoms. The van der Waals surface area contributed by atoms with Crippen LogP contribution in [0.4, 0.5) is 5.69 Å². The molecule has 1 aliphatic rings. The average Bonchev–Trinajstić information content (AvgIpc) is 3.12. The lowest BCUT2D eigenvalue weighted by molar-refractivity contribution is 0.353. The molecule has 0 saturated carbocycles. The Morgan fingerprint density at radius 2 is 1.63 bits per heavy atom. The number of anilines is 1. The Labute approximate surface area is 177 Å². The molecule has 0 atom stereocenters. The van der Waals surface area contributed by atoms with Crippen molar-refractivity contribution in [2.45, 2.75) is 18.0 Å². The second-order valence-corrected chi connectivity index (χ2v) is 9.01. The van der Waals surface area contributed by atoms with Gasteiger partial charge in [-0.1, -0.05) is 24.3 Å². The van der Waals surface area contributed by atoms with Gasteiger partial charge in [0.05, 0.1) is 14.2 Å². The van der Waals surface area contributed by atoms with Gasteiger partial charge in [-0.3, -0.25) is 9.62 Å². The first-order valence-corrected chi connectivity index (χ1v) is 11.0. The van der Waals surface area contributed by atoms with Crippen LogP contribution in [0.3, 0.4) is 0 Å². The van der Waals surface area contributed by atoms with Crippen molar-refractivity contribution in [2.75, 3.05) is 26.0 Å². The number of ether oxygens (including phenoxy) is 2. The van der Waals surface area contributed by atoms with Gasteiger partial charge in [0.2, 0.25) is 0 Å². The molecule has 6 nitrogen and oxygen atoms in total. The van der Waals surface area contributed by atoms with Crippen LogP contribution in [-0.2, 0) is 23.1 Å². The van der Waals surface area contributed by atoms with Gasteiger partial charge in [0.25, 0.3) is 10.0 Å². The Morgan fingerprint density at radius 3 is 2.40 bits per heavy atom. The maximum absolute atomic E-state index is 13.0. The van der Waals surface area contributed by atoms with Crippen LogP contribution in [0.15, 0.2) is 65.6 Å². The number of fused-ring (bicyclic) bond motifs is 1. The standard InChI is InChI=1S/C23H24N2O4S/c1-25-14-18-8-7-17(11-19(18)15-25)16-5-4-6-20(12-16)24-30(26,27)23-10-9-21(28-2)13-22(23)29-3/h4-13,24H,14-15H2,1-3H3. The van der Waals surface area contributed by atoms with E-state index in [0.29, 0.717) is 11.4 Å². The number of methoxy groups -OCH3 is 2. The van der Waals surface area contributed by atoms with Crippen LogP contribution in [0.1, 0.15) is 11.1 Å². The van der Waals surface area contributed by atoms with Crippen LogP contribution in [0.2, 0.25) is 0 Å². The van der Waals surface area contributed by atoms with E-state index in [1.165, 1.54) is 31.4 Å². The van der Waals surface area contributed by atoms with Crippen LogP contribution < -0.4 is 14.2 Å². The second-order valence-electron chi connectivity index (χ2n) is 7.36. The van der Waals surface area contributed by atoms with Gasteiger partial charge in [-0.05, 0) is 59.6 Å². The summed E-state index contributed by atoms with van der Waals surface area (Å²) in [5.74, 6) is 0.746. The lowest BCUT2D eigenvalue weighted by atomic mass is 10.0. The number of nitrogens with zero attached hydrogens (tertiary/aromatic N) is 1. The van der Waals surface area contributed by atoms with Gasteiger partial charge in [0.15, 0.2) is 0 Å². The molecule has 1 N–H and O–H groups in total. The summed E-state index contributed by atoms with van der Waals surface area (Å²) in [4.78, 5) is 2.32. The summed E-state index contributed by atoms with van der Waals surface area (Å²) >= 11 is 0. The molecule has 0 saturated heterocycles. The van der Waals surface area contributed by atoms with Gasteiger partial charge in [-0.2, -0.15) is 0 Å². The van der Waals surface area contributed by atoms with E-state index in [4.69, 9.17) is 9.47 Å². The molecule has 7 heteroatoms. The summed E-state index contributed by atoms with van der Waals surface area (Å²) < 4.78 is 39.0. The number of sulfonamides is 1. The van der Waals surface area contributed by atoms with E-state index >= 15 is 0 Å². The van der Waals surface area contributed by atoms with E-state index in [9.17, 15) is 8.42 Å². The number of hydrogen-bond acceptors (Lipinski definition) is 5.